The molecule has 2 rings (SSSR count). The van der Waals surface area contributed by atoms with E-state index in [9.17, 15) is 5.11 Å². The zero-order valence-corrected chi connectivity index (χ0v) is 15.0. The van der Waals surface area contributed by atoms with Gasteiger partial charge >= 0.3 is 0 Å². The van der Waals surface area contributed by atoms with Crippen LogP contribution in [0.5, 0.6) is 11.5 Å². The van der Waals surface area contributed by atoms with Crippen LogP contribution < -0.4 is 10.1 Å². The molecule has 0 unspecified atom stereocenters. The summed E-state index contributed by atoms with van der Waals surface area (Å²) in [6.45, 7) is 2.21. The molecule has 5 heteroatoms. The molecule has 0 saturated carbocycles. The molecular formula is C20H27N3O2. The summed E-state index contributed by atoms with van der Waals surface area (Å²) >= 11 is 0. The Morgan fingerprint density at radius 1 is 1.12 bits per heavy atom. The Bertz CT molecular complexity index is 642. The smallest absolute Gasteiger partial charge is 0.193 e. The number of para-hydroxylation sites is 1. The Hall–Kier alpha value is -2.69. The summed E-state index contributed by atoms with van der Waals surface area (Å²) in [6.07, 6.45) is 1.96. The second kappa shape index (κ2) is 10.2. The molecule has 0 atom stereocenters. The molecule has 0 aliphatic heterocycles. The number of ether oxygens (including phenoxy) is 1. The van der Waals surface area contributed by atoms with E-state index in [1.54, 1.807) is 19.2 Å². The highest BCUT2D eigenvalue weighted by Crippen LogP contribution is 2.11. The first-order valence-electron chi connectivity index (χ1n) is 8.56. The summed E-state index contributed by atoms with van der Waals surface area (Å²) < 4.78 is 5.72. The summed E-state index contributed by atoms with van der Waals surface area (Å²) in [4.78, 5) is 6.37. The number of aryl methyl sites for hydroxylation is 1. The summed E-state index contributed by atoms with van der Waals surface area (Å²) in [5, 5.41) is 12.7. The molecule has 0 amide bonds. The second-order valence-electron chi connectivity index (χ2n) is 5.83. The third kappa shape index (κ3) is 6.75. The maximum Gasteiger partial charge on any atom is 0.193 e. The Kier molecular flexibility index (Phi) is 7.63. The molecule has 5 nitrogen and oxygen atoms in total. The Labute approximate surface area is 150 Å². The van der Waals surface area contributed by atoms with Crippen LogP contribution >= 0.6 is 0 Å². The van der Waals surface area contributed by atoms with Crippen LogP contribution in [0, 0.1) is 0 Å². The lowest BCUT2D eigenvalue weighted by Gasteiger charge is -2.22. The van der Waals surface area contributed by atoms with Gasteiger partial charge in [0.1, 0.15) is 18.1 Å². The fourth-order valence-electron chi connectivity index (χ4n) is 2.46. The molecule has 0 aliphatic carbocycles. The molecule has 0 aliphatic rings. The standard InChI is InChI=1S/C20H27N3O2/c1-21-20(22-14-6-7-17-10-12-18(24)13-11-17)23(2)15-16-25-19-8-4-3-5-9-19/h3-5,8-13,24H,6-7,14-16H2,1-2H3,(H,21,22). The maximum absolute atomic E-state index is 9.29. The van der Waals surface area contributed by atoms with Gasteiger partial charge in [-0.3, -0.25) is 4.99 Å². The first-order chi connectivity index (χ1) is 12.2. The van der Waals surface area contributed by atoms with Crippen LogP contribution in [0.25, 0.3) is 0 Å². The molecular weight excluding hydrogens is 314 g/mol. The number of hydrogen-bond donors (Lipinski definition) is 2. The Balaban J connectivity index is 1.65. The normalized spacial score (nSPS) is 11.2. The van der Waals surface area contributed by atoms with Gasteiger partial charge in [0.2, 0.25) is 0 Å². The molecule has 25 heavy (non-hydrogen) atoms. The van der Waals surface area contributed by atoms with E-state index in [0.717, 1.165) is 37.6 Å². The van der Waals surface area contributed by atoms with Crippen LogP contribution in [0.3, 0.4) is 0 Å². The molecule has 2 aromatic carbocycles. The predicted molar refractivity (Wildman–Crippen MR) is 102 cm³/mol. The number of phenolic OH excluding ortho intramolecular Hbond substituents is 1. The number of benzene rings is 2. The maximum atomic E-state index is 9.29. The van der Waals surface area contributed by atoms with Crippen molar-refractivity contribution >= 4 is 5.96 Å². The first-order valence-corrected chi connectivity index (χ1v) is 8.56. The third-order valence-corrected chi connectivity index (χ3v) is 3.87. The lowest BCUT2D eigenvalue weighted by molar-refractivity contribution is 0.281. The fraction of sp³-hybridized carbons (Fsp3) is 0.350. The summed E-state index contributed by atoms with van der Waals surface area (Å²) in [6, 6.07) is 17.2. The number of aromatic hydroxyl groups is 1. The lowest BCUT2D eigenvalue weighted by atomic mass is 10.1. The number of likely N-dealkylation sites (N-methyl/N-ethyl adjacent to an activating group) is 1. The van der Waals surface area contributed by atoms with Gasteiger partial charge in [-0.1, -0.05) is 30.3 Å². The number of rotatable bonds is 8. The zero-order valence-electron chi connectivity index (χ0n) is 15.0. The van der Waals surface area contributed by atoms with E-state index >= 15 is 0 Å². The van der Waals surface area contributed by atoms with E-state index in [1.165, 1.54) is 5.56 Å². The Morgan fingerprint density at radius 2 is 1.84 bits per heavy atom. The minimum atomic E-state index is 0.307. The van der Waals surface area contributed by atoms with Crippen LogP contribution in [0.2, 0.25) is 0 Å². The van der Waals surface area contributed by atoms with Crippen LogP contribution in [-0.4, -0.2) is 49.8 Å². The number of aliphatic imine (C=N–C) groups is 1. The van der Waals surface area contributed by atoms with Gasteiger partial charge in [-0.2, -0.15) is 0 Å². The van der Waals surface area contributed by atoms with Crippen LogP contribution in [0.15, 0.2) is 59.6 Å². The quantitative estimate of drug-likeness (QED) is 0.440. The summed E-state index contributed by atoms with van der Waals surface area (Å²) in [7, 11) is 3.79. The minimum Gasteiger partial charge on any atom is -0.508 e. The molecule has 0 aromatic heterocycles. The van der Waals surface area contributed by atoms with Crippen molar-refractivity contribution in [1.82, 2.24) is 10.2 Å². The van der Waals surface area contributed by atoms with Gasteiger partial charge < -0.3 is 20.1 Å². The van der Waals surface area contributed by atoms with E-state index in [-0.39, 0.29) is 0 Å². The molecule has 134 valence electrons. The number of nitrogens with zero attached hydrogens (tertiary/aromatic N) is 2. The van der Waals surface area contributed by atoms with Crippen LogP contribution in [-0.2, 0) is 6.42 Å². The van der Waals surface area contributed by atoms with Crippen molar-refractivity contribution in [2.75, 3.05) is 33.8 Å². The van der Waals surface area contributed by atoms with Crippen molar-refractivity contribution in [2.45, 2.75) is 12.8 Å². The molecule has 0 saturated heterocycles. The molecule has 0 spiro atoms. The van der Waals surface area contributed by atoms with E-state index in [4.69, 9.17) is 4.74 Å². The monoisotopic (exact) mass is 341 g/mol. The van der Waals surface area contributed by atoms with Crippen molar-refractivity contribution in [3.8, 4) is 11.5 Å². The highest BCUT2D eigenvalue weighted by atomic mass is 16.5. The number of nitrogens with one attached hydrogen (secondary N) is 1. The van der Waals surface area contributed by atoms with Crippen molar-refractivity contribution in [2.24, 2.45) is 4.99 Å². The largest absolute Gasteiger partial charge is 0.508 e. The number of guanidine groups is 1. The van der Waals surface area contributed by atoms with E-state index in [1.807, 2.05) is 49.5 Å². The topological polar surface area (TPSA) is 57.1 Å². The van der Waals surface area contributed by atoms with Crippen LogP contribution in [0.1, 0.15) is 12.0 Å². The number of phenols is 1. The van der Waals surface area contributed by atoms with Gasteiger partial charge in [-0.05, 0) is 42.7 Å². The van der Waals surface area contributed by atoms with Crippen molar-refractivity contribution in [3.05, 3.63) is 60.2 Å². The lowest BCUT2D eigenvalue weighted by Crippen LogP contribution is -2.41. The van der Waals surface area contributed by atoms with Gasteiger partial charge in [0.15, 0.2) is 5.96 Å². The Morgan fingerprint density at radius 3 is 2.52 bits per heavy atom. The van der Waals surface area contributed by atoms with Gasteiger partial charge in [-0.15, -0.1) is 0 Å². The fourth-order valence-corrected chi connectivity index (χ4v) is 2.46. The van der Waals surface area contributed by atoms with Crippen LogP contribution in [0.4, 0.5) is 0 Å². The molecule has 0 bridgehead atoms. The van der Waals surface area contributed by atoms with E-state index in [0.29, 0.717) is 12.4 Å². The first kappa shape index (κ1) is 18.6. The van der Waals surface area contributed by atoms with Crippen molar-refractivity contribution < 1.29 is 9.84 Å². The summed E-state index contributed by atoms with van der Waals surface area (Å²) in [5.74, 6) is 2.05. The van der Waals surface area contributed by atoms with Crippen molar-refractivity contribution in [1.29, 1.82) is 0 Å². The third-order valence-electron chi connectivity index (χ3n) is 3.87. The average Bonchev–Trinajstić information content (AvgIpc) is 2.64. The molecule has 2 aromatic rings. The summed E-state index contributed by atoms with van der Waals surface area (Å²) in [5.41, 5.74) is 1.22. The number of hydrogen-bond acceptors (Lipinski definition) is 3. The molecule has 0 fully saturated rings. The molecule has 0 radical (unpaired) electrons. The van der Waals surface area contributed by atoms with Gasteiger partial charge in [0.25, 0.3) is 0 Å². The average molecular weight is 341 g/mol. The van der Waals surface area contributed by atoms with E-state index in [2.05, 4.69) is 15.2 Å². The SMILES string of the molecule is CN=C(NCCCc1ccc(O)cc1)N(C)CCOc1ccccc1. The van der Waals surface area contributed by atoms with Gasteiger partial charge in [0, 0.05) is 20.6 Å². The second-order valence-corrected chi connectivity index (χ2v) is 5.83. The van der Waals surface area contributed by atoms with Crippen molar-refractivity contribution in [3.63, 3.8) is 0 Å². The predicted octanol–water partition coefficient (Wildman–Crippen LogP) is 2.91. The van der Waals surface area contributed by atoms with Gasteiger partial charge in [0.05, 0.1) is 6.54 Å². The minimum absolute atomic E-state index is 0.307. The highest BCUT2D eigenvalue weighted by molar-refractivity contribution is 5.79. The van der Waals surface area contributed by atoms with Gasteiger partial charge in [-0.25, -0.2) is 0 Å². The molecule has 2 N–H and O–H groups in total. The molecule has 0 heterocycles. The highest BCUT2D eigenvalue weighted by Gasteiger charge is 2.05. The zero-order chi connectivity index (χ0) is 17.9. The van der Waals surface area contributed by atoms with E-state index < -0.39 is 0 Å².